The van der Waals surface area contributed by atoms with Crippen LogP contribution in [0.4, 0.5) is 5.69 Å². The fourth-order valence-corrected chi connectivity index (χ4v) is 5.73. The number of sulfonamides is 1. The van der Waals surface area contributed by atoms with Gasteiger partial charge in [0.05, 0.1) is 17.1 Å². The second-order valence-corrected chi connectivity index (χ2v) is 9.21. The second kappa shape index (κ2) is 6.19. The van der Waals surface area contributed by atoms with Gasteiger partial charge in [0.25, 0.3) is 10.0 Å². The summed E-state index contributed by atoms with van der Waals surface area (Å²) in [5.74, 6) is 0. The number of aryl methyl sites for hydroxylation is 2. The van der Waals surface area contributed by atoms with E-state index in [1.807, 2.05) is 39.0 Å². The first-order valence-corrected chi connectivity index (χ1v) is 10.3. The Labute approximate surface area is 151 Å². The molecule has 2 heterocycles. The van der Waals surface area contributed by atoms with E-state index in [1.54, 1.807) is 15.9 Å². The van der Waals surface area contributed by atoms with Gasteiger partial charge < -0.3 is 0 Å². The highest BCUT2D eigenvalue weighted by atomic mass is 79.9. The first kappa shape index (κ1) is 17.5. The molecule has 0 bridgehead atoms. The van der Waals surface area contributed by atoms with Crippen LogP contribution < -0.4 is 4.31 Å². The summed E-state index contributed by atoms with van der Waals surface area (Å²) in [4.78, 5) is 0.340. The van der Waals surface area contributed by atoms with E-state index < -0.39 is 10.0 Å². The minimum Gasteiger partial charge on any atom is -0.266 e. The highest BCUT2D eigenvalue weighted by molar-refractivity contribution is 9.10. The van der Waals surface area contributed by atoms with Crippen LogP contribution in [0, 0.1) is 13.8 Å². The minimum absolute atomic E-state index is 0.122. The second-order valence-electron chi connectivity index (χ2n) is 6.49. The number of hydrogen-bond acceptors (Lipinski definition) is 3. The van der Waals surface area contributed by atoms with Crippen molar-refractivity contribution in [2.45, 2.75) is 51.5 Å². The summed E-state index contributed by atoms with van der Waals surface area (Å²) in [7, 11) is -3.63. The number of benzene rings is 1. The third-order valence-corrected chi connectivity index (χ3v) is 6.97. The van der Waals surface area contributed by atoms with Crippen molar-refractivity contribution in [3.8, 4) is 0 Å². The van der Waals surface area contributed by atoms with Crippen molar-refractivity contribution in [1.82, 2.24) is 9.78 Å². The Bertz CT molecular complexity index is 887. The van der Waals surface area contributed by atoms with E-state index in [9.17, 15) is 8.42 Å². The molecule has 1 aromatic carbocycles. The molecule has 24 heavy (non-hydrogen) atoms. The third-order valence-electron chi connectivity index (χ3n) is 4.41. The summed E-state index contributed by atoms with van der Waals surface area (Å²) < 4.78 is 31.0. The van der Waals surface area contributed by atoms with Gasteiger partial charge in [-0.3, -0.25) is 8.99 Å². The van der Waals surface area contributed by atoms with Gasteiger partial charge in [0.15, 0.2) is 0 Å². The molecule has 1 aliphatic rings. The van der Waals surface area contributed by atoms with Crippen molar-refractivity contribution in [1.29, 1.82) is 0 Å². The van der Waals surface area contributed by atoms with E-state index in [0.717, 1.165) is 28.6 Å². The van der Waals surface area contributed by atoms with Crippen LogP contribution in [-0.2, 0) is 16.4 Å². The molecular weight excluding hydrogens is 390 g/mol. The lowest BCUT2D eigenvalue weighted by molar-refractivity contribution is 0.514. The fraction of sp³-hybridized carbons (Fsp3) is 0.471. The summed E-state index contributed by atoms with van der Waals surface area (Å²) in [5.41, 5.74) is 3.10. The van der Waals surface area contributed by atoms with Crippen molar-refractivity contribution in [2.24, 2.45) is 0 Å². The molecule has 1 aromatic heterocycles. The molecule has 0 saturated carbocycles. The van der Waals surface area contributed by atoms with Crippen LogP contribution in [0.15, 0.2) is 27.6 Å². The monoisotopic (exact) mass is 411 g/mol. The summed E-state index contributed by atoms with van der Waals surface area (Å²) in [6.07, 6.45) is 1.71. The number of nitrogens with zero attached hydrogens (tertiary/aromatic N) is 3. The van der Waals surface area contributed by atoms with Gasteiger partial charge in [-0.05, 0) is 64.3 Å². The van der Waals surface area contributed by atoms with Crippen molar-refractivity contribution >= 4 is 31.6 Å². The number of rotatable bonds is 3. The smallest absolute Gasteiger partial charge is 0.266 e. The summed E-state index contributed by atoms with van der Waals surface area (Å²) in [6.45, 7) is 8.11. The normalized spacial score (nSPS) is 15.0. The molecule has 0 atom stereocenters. The predicted molar refractivity (Wildman–Crippen MR) is 99.1 cm³/mol. The van der Waals surface area contributed by atoms with Gasteiger partial charge in [-0.15, -0.1) is 0 Å². The van der Waals surface area contributed by atoms with Crippen LogP contribution in [0.1, 0.15) is 43.3 Å². The Hall–Kier alpha value is -1.34. The van der Waals surface area contributed by atoms with Crippen molar-refractivity contribution in [2.75, 3.05) is 10.8 Å². The zero-order valence-corrected chi connectivity index (χ0v) is 16.8. The quantitative estimate of drug-likeness (QED) is 0.766. The average Bonchev–Trinajstić information content (AvgIpc) is 2.81. The first-order chi connectivity index (χ1) is 11.2. The van der Waals surface area contributed by atoms with E-state index >= 15 is 0 Å². The Kier molecular flexibility index (Phi) is 4.51. The Morgan fingerprint density at radius 1 is 1.25 bits per heavy atom. The standard InChI is InChI=1S/C17H22BrN3O2S/c1-11(2)21-13(4)17(12(3)19-21)24(22,23)20-9-5-6-14-10-15(18)7-8-16(14)20/h7-8,10-11H,5-6,9H2,1-4H3. The van der Waals surface area contributed by atoms with E-state index in [0.29, 0.717) is 22.8 Å². The number of anilines is 1. The molecule has 7 heteroatoms. The molecular formula is C17H22BrN3O2S. The van der Waals surface area contributed by atoms with Crippen LogP contribution in [0.3, 0.4) is 0 Å². The average molecular weight is 412 g/mol. The molecule has 0 radical (unpaired) electrons. The summed E-state index contributed by atoms with van der Waals surface area (Å²) >= 11 is 3.47. The number of fused-ring (bicyclic) bond motifs is 1. The highest BCUT2D eigenvalue weighted by Crippen LogP contribution is 2.35. The maximum absolute atomic E-state index is 13.4. The summed E-state index contributed by atoms with van der Waals surface area (Å²) in [6, 6.07) is 5.91. The van der Waals surface area contributed by atoms with Crippen molar-refractivity contribution < 1.29 is 8.42 Å². The van der Waals surface area contributed by atoms with Crippen LogP contribution in [0.25, 0.3) is 0 Å². The lowest BCUT2D eigenvalue weighted by atomic mass is 10.0. The predicted octanol–water partition coefficient (Wildman–Crippen LogP) is 3.98. The molecule has 0 fully saturated rings. The third kappa shape index (κ3) is 2.77. The van der Waals surface area contributed by atoms with Crippen molar-refractivity contribution in [3.63, 3.8) is 0 Å². The van der Waals surface area contributed by atoms with E-state index in [-0.39, 0.29) is 6.04 Å². The summed E-state index contributed by atoms with van der Waals surface area (Å²) in [5, 5.41) is 4.44. The van der Waals surface area contributed by atoms with Gasteiger partial charge >= 0.3 is 0 Å². The maximum atomic E-state index is 13.4. The van der Waals surface area contributed by atoms with E-state index in [2.05, 4.69) is 21.0 Å². The molecule has 3 rings (SSSR count). The Morgan fingerprint density at radius 3 is 2.58 bits per heavy atom. The number of aromatic nitrogens is 2. The zero-order valence-electron chi connectivity index (χ0n) is 14.4. The topological polar surface area (TPSA) is 55.2 Å². The van der Waals surface area contributed by atoms with Gasteiger partial charge in [-0.2, -0.15) is 5.10 Å². The Balaban J connectivity index is 2.14. The van der Waals surface area contributed by atoms with Crippen LogP contribution in [0.5, 0.6) is 0 Å². The lowest BCUT2D eigenvalue weighted by Gasteiger charge is -2.30. The zero-order chi connectivity index (χ0) is 17.6. The molecule has 0 amide bonds. The lowest BCUT2D eigenvalue weighted by Crippen LogP contribution is -2.36. The van der Waals surface area contributed by atoms with Gasteiger partial charge in [0.2, 0.25) is 0 Å². The Morgan fingerprint density at radius 2 is 1.96 bits per heavy atom. The van der Waals surface area contributed by atoms with Crippen LogP contribution >= 0.6 is 15.9 Å². The van der Waals surface area contributed by atoms with E-state index in [1.165, 1.54) is 0 Å². The maximum Gasteiger partial charge on any atom is 0.268 e. The van der Waals surface area contributed by atoms with Crippen molar-refractivity contribution in [3.05, 3.63) is 39.6 Å². The molecule has 0 aliphatic carbocycles. The van der Waals surface area contributed by atoms with Crippen LogP contribution in [-0.4, -0.2) is 24.7 Å². The molecule has 1 aliphatic heterocycles. The fourth-order valence-electron chi connectivity index (χ4n) is 3.41. The molecule has 0 unspecified atom stereocenters. The van der Waals surface area contributed by atoms with Gasteiger partial charge in [-0.1, -0.05) is 15.9 Å². The number of halogens is 1. The molecule has 130 valence electrons. The first-order valence-electron chi connectivity index (χ1n) is 8.10. The number of hydrogen-bond donors (Lipinski definition) is 0. The van der Waals surface area contributed by atoms with Gasteiger partial charge in [0, 0.05) is 17.1 Å². The van der Waals surface area contributed by atoms with Crippen LogP contribution in [0.2, 0.25) is 0 Å². The van der Waals surface area contributed by atoms with Gasteiger partial charge in [-0.25, -0.2) is 8.42 Å². The highest BCUT2D eigenvalue weighted by Gasteiger charge is 2.34. The molecule has 0 spiro atoms. The molecule has 5 nitrogen and oxygen atoms in total. The SMILES string of the molecule is Cc1nn(C(C)C)c(C)c1S(=O)(=O)N1CCCc2cc(Br)ccc21. The molecule has 0 N–H and O–H groups in total. The molecule has 2 aromatic rings. The van der Waals surface area contributed by atoms with E-state index in [4.69, 9.17) is 0 Å². The molecule has 0 saturated heterocycles. The minimum atomic E-state index is -3.63. The van der Waals surface area contributed by atoms with Gasteiger partial charge in [0.1, 0.15) is 4.90 Å². The largest absolute Gasteiger partial charge is 0.268 e.